The minimum absolute atomic E-state index is 0.357. The van der Waals surface area contributed by atoms with Crippen molar-refractivity contribution in [1.29, 1.82) is 0 Å². The van der Waals surface area contributed by atoms with Gasteiger partial charge < -0.3 is 9.90 Å². The number of allylic oxidation sites excluding steroid dienone is 1. The molecule has 12 heavy (non-hydrogen) atoms. The monoisotopic (exact) mass is 170 g/mol. The van der Waals surface area contributed by atoms with Gasteiger partial charge in [-0.2, -0.15) is 0 Å². The minimum Gasteiger partial charge on any atom is -0.389 e. The van der Waals surface area contributed by atoms with Crippen LogP contribution in [0.5, 0.6) is 0 Å². The first-order valence-electron chi connectivity index (χ1n) is 4.50. The molecule has 0 amide bonds. The lowest BCUT2D eigenvalue weighted by Gasteiger charge is -2.09. The Kier molecular flexibility index (Phi) is 6.67. The number of carbonyl (C=O) groups excluding carboxylic acids is 1. The Morgan fingerprint density at radius 1 is 1.58 bits per heavy atom. The fourth-order valence-electron chi connectivity index (χ4n) is 0.995. The number of carbonyl (C=O) groups is 1. The fourth-order valence-corrected chi connectivity index (χ4v) is 0.995. The first kappa shape index (κ1) is 11.4. The van der Waals surface area contributed by atoms with Crippen LogP contribution >= 0.6 is 0 Å². The predicted octanol–water partition coefficient (Wildman–Crippen LogP) is 2.07. The Morgan fingerprint density at radius 3 is 2.75 bits per heavy atom. The lowest BCUT2D eigenvalue weighted by Crippen LogP contribution is -2.07. The summed E-state index contributed by atoms with van der Waals surface area (Å²) in [5, 5.41) is 9.49. The summed E-state index contributed by atoms with van der Waals surface area (Å²) in [4.78, 5) is 10.0. The van der Waals surface area contributed by atoms with E-state index in [0.717, 1.165) is 31.1 Å². The molecule has 0 bridgehead atoms. The second-order valence-electron chi connectivity index (χ2n) is 3.01. The van der Waals surface area contributed by atoms with Crippen molar-refractivity contribution in [1.82, 2.24) is 0 Å². The van der Waals surface area contributed by atoms with Crippen LogP contribution in [0.1, 0.15) is 39.5 Å². The molecule has 0 aromatic rings. The van der Waals surface area contributed by atoms with Crippen molar-refractivity contribution >= 4 is 6.29 Å². The van der Waals surface area contributed by atoms with Gasteiger partial charge in [0, 0.05) is 6.42 Å². The summed E-state index contributed by atoms with van der Waals surface area (Å²) in [6, 6.07) is 0. The van der Waals surface area contributed by atoms with Crippen LogP contribution in [0.4, 0.5) is 0 Å². The molecule has 0 aliphatic rings. The smallest absolute Gasteiger partial charge is 0.123 e. The Balaban J connectivity index is 3.73. The molecular formula is C10H18O2. The molecule has 0 aromatic carbocycles. The molecule has 70 valence electrons. The molecule has 0 radical (unpaired) electrons. The molecule has 0 aliphatic heterocycles. The Morgan fingerprint density at radius 2 is 2.25 bits per heavy atom. The normalized spacial score (nSPS) is 14.4. The molecule has 0 rings (SSSR count). The van der Waals surface area contributed by atoms with E-state index in [1.54, 1.807) is 6.08 Å². The number of unbranched alkanes of at least 4 members (excludes halogenated alkanes) is 1. The van der Waals surface area contributed by atoms with E-state index >= 15 is 0 Å². The molecule has 0 aromatic heterocycles. The summed E-state index contributed by atoms with van der Waals surface area (Å²) >= 11 is 0. The number of aliphatic hydroxyl groups is 1. The van der Waals surface area contributed by atoms with Gasteiger partial charge in [0.15, 0.2) is 0 Å². The van der Waals surface area contributed by atoms with E-state index in [1.807, 2.05) is 6.92 Å². The van der Waals surface area contributed by atoms with Crippen molar-refractivity contribution < 1.29 is 9.90 Å². The number of aldehydes is 1. The third-order valence-electron chi connectivity index (χ3n) is 1.89. The third-order valence-corrected chi connectivity index (χ3v) is 1.89. The third kappa shape index (κ3) is 5.08. The largest absolute Gasteiger partial charge is 0.389 e. The van der Waals surface area contributed by atoms with Crippen LogP contribution in [-0.2, 0) is 4.79 Å². The van der Waals surface area contributed by atoms with E-state index in [1.165, 1.54) is 0 Å². The standard InChI is InChI=1S/C10H18O2/c1-3-4-7-10(12)9(2)6-5-8-11/h6,8,10,12H,3-5,7H2,1-2H3. The van der Waals surface area contributed by atoms with Gasteiger partial charge in [-0.1, -0.05) is 25.8 Å². The van der Waals surface area contributed by atoms with Crippen molar-refractivity contribution in [3.05, 3.63) is 11.6 Å². The highest BCUT2D eigenvalue weighted by atomic mass is 16.3. The number of hydrogen-bond acceptors (Lipinski definition) is 2. The average Bonchev–Trinajstić information content (AvgIpc) is 2.10. The molecule has 1 unspecified atom stereocenters. The van der Waals surface area contributed by atoms with Crippen LogP contribution in [0.15, 0.2) is 11.6 Å². The molecular weight excluding hydrogens is 152 g/mol. The number of rotatable bonds is 6. The van der Waals surface area contributed by atoms with Gasteiger partial charge in [0.1, 0.15) is 6.29 Å². The van der Waals surface area contributed by atoms with Gasteiger partial charge in [0.05, 0.1) is 6.10 Å². The average molecular weight is 170 g/mol. The van der Waals surface area contributed by atoms with Gasteiger partial charge in [-0.3, -0.25) is 0 Å². The molecule has 0 heterocycles. The molecule has 1 N–H and O–H groups in total. The molecule has 2 heteroatoms. The lowest BCUT2D eigenvalue weighted by atomic mass is 10.0. The fraction of sp³-hybridized carbons (Fsp3) is 0.700. The zero-order valence-electron chi connectivity index (χ0n) is 7.92. The summed E-state index contributed by atoms with van der Waals surface area (Å²) in [5.41, 5.74) is 0.913. The first-order chi connectivity index (χ1) is 5.72. The quantitative estimate of drug-likeness (QED) is 0.489. The van der Waals surface area contributed by atoms with Gasteiger partial charge in [-0.15, -0.1) is 0 Å². The van der Waals surface area contributed by atoms with E-state index in [9.17, 15) is 9.90 Å². The molecule has 0 fully saturated rings. The SMILES string of the molecule is CCCCC(O)C(C)=CCC=O. The second-order valence-corrected chi connectivity index (χ2v) is 3.01. The van der Waals surface area contributed by atoms with Crippen molar-refractivity contribution in [3.8, 4) is 0 Å². The van der Waals surface area contributed by atoms with Gasteiger partial charge in [0.2, 0.25) is 0 Å². The maximum Gasteiger partial charge on any atom is 0.123 e. The molecule has 0 spiro atoms. The summed E-state index contributed by atoms with van der Waals surface area (Å²) in [7, 11) is 0. The van der Waals surface area contributed by atoms with Crippen LogP contribution in [-0.4, -0.2) is 17.5 Å². The Hall–Kier alpha value is -0.630. The van der Waals surface area contributed by atoms with Crippen molar-refractivity contribution in [2.45, 2.75) is 45.6 Å². The van der Waals surface area contributed by atoms with Crippen LogP contribution in [0, 0.1) is 0 Å². The summed E-state index contributed by atoms with van der Waals surface area (Å²) in [6.07, 6.45) is 5.62. The maximum absolute atomic E-state index is 10.0. The predicted molar refractivity (Wildman–Crippen MR) is 50.0 cm³/mol. The van der Waals surface area contributed by atoms with E-state index in [-0.39, 0.29) is 6.10 Å². The molecule has 0 saturated carbocycles. The second kappa shape index (κ2) is 7.04. The number of hydrogen-bond donors (Lipinski definition) is 1. The Labute approximate surface area is 74.3 Å². The van der Waals surface area contributed by atoms with Gasteiger partial charge >= 0.3 is 0 Å². The van der Waals surface area contributed by atoms with Crippen LogP contribution in [0.25, 0.3) is 0 Å². The molecule has 0 saturated heterocycles. The van der Waals surface area contributed by atoms with E-state index in [2.05, 4.69) is 6.92 Å². The van der Waals surface area contributed by atoms with Crippen LogP contribution in [0.3, 0.4) is 0 Å². The summed E-state index contributed by atoms with van der Waals surface area (Å²) < 4.78 is 0. The van der Waals surface area contributed by atoms with Gasteiger partial charge in [-0.05, 0) is 18.9 Å². The van der Waals surface area contributed by atoms with Crippen LogP contribution < -0.4 is 0 Å². The highest BCUT2D eigenvalue weighted by Crippen LogP contribution is 2.09. The van der Waals surface area contributed by atoms with Crippen molar-refractivity contribution in [2.75, 3.05) is 0 Å². The lowest BCUT2D eigenvalue weighted by molar-refractivity contribution is -0.107. The maximum atomic E-state index is 10.0. The van der Waals surface area contributed by atoms with E-state index in [4.69, 9.17) is 0 Å². The highest BCUT2D eigenvalue weighted by Gasteiger charge is 2.03. The minimum atomic E-state index is -0.357. The summed E-state index contributed by atoms with van der Waals surface area (Å²) in [6.45, 7) is 3.96. The summed E-state index contributed by atoms with van der Waals surface area (Å²) in [5.74, 6) is 0. The van der Waals surface area contributed by atoms with Crippen molar-refractivity contribution in [3.63, 3.8) is 0 Å². The van der Waals surface area contributed by atoms with E-state index in [0.29, 0.717) is 6.42 Å². The van der Waals surface area contributed by atoms with Crippen molar-refractivity contribution in [2.24, 2.45) is 0 Å². The topological polar surface area (TPSA) is 37.3 Å². The zero-order chi connectivity index (χ0) is 9.40. The van der Waals surface area contributed by atoms with Gasteiger partial charge in [0.25, 0.3) is 0 Å². The zero-order valence-corrected chi connectivity index (χ0v) is 7.92. The Bertz CT molecular complexity index is 150. The van der Waals surface area contributed by atoms with Crippen LogP contribution in [0.2, 0.25) is 0 Å². The molecule has 1 atom stereocenters. The highest BCUT2D eigenvalue weighted by molar-refractivity contribution is 5.52. The molecule has 2 nitrogen and oxygen atoms in total. The van der Waals surface area contributed by atoms with Gasteiger partial charge in [-0.25, -0.2) is 0 Å². The number of aliphatic hydroxyl groups excluding tert-OH is 1. The molecule has 0 aliphatic carbocycles. The first-order valence-corrected chi connectivity index (χ1v) is 4.50. The van der Waals surface area contributed by atoms with E-state index < -0.39 is 0 Å².